The summed E-state index contributed by atoms with van der Waals surface area (Å²) in [6.45, 7) is 24.3. The lowest BCUT2D eigenvalue weighted by Crippen LogP contribution is -2.41. The number of methoxy groups -OCH3 is 2. The lowest BCUT2D eigenvalue weighted by atomic mass is 9.80. The number of hydrogen-bond acceptors (Lipinski definition) is 22. The molecule has 0 aliphatic carbocycles. The molecule has 0 atom stereocenters. The summed E-state index contributed by atoms with van der Waals surface area (Å²) in [5.41, 5.74) is 12.9. The largest absolute Gasteiger partial charge is 0.497 e. The zero-order valence-electron chi connectivity index (χ0n) is 61.4. The van der Waals surface area contributed by atoms with Crippen molar-refractivity contribution >= 4 is 69.4 Å². The topological polar surface area (TPSA) is 238 Å². The molecule has 540 valence electrons. The molecule has 0 radical (unpaired) electrons. The Bertz CT molecular complexity index is 4490. The first-order valence-corrected chi connectivity index (χ1v) is 35.9. The molecule has 8 aromatic heterocycles. The zero-order chi connectivity index (χ0) is 72.2. The Hall–Kier alpha value is -9.11. The molecule has 0 N–H and O–H groups in total. The summed E-state index contributed by atoms with van der Waals surface area (Å²) in [5.74, 6) is 6.25. The Morgan fingerprint density at radius 3 is 1.39 bits per heavy atom. The molecule has 0 spiro atoms. The predicted octanol–water partition coefficient (Wildman–Crippen LogP) is 11.9. The Balaban J connectivity index is 0.000000133. The molecule has 5 aliphatic rings. The molecule has 0 saturated carbocycles. The van der Waals surface area contributed by atoms with E-state index < -0.39 is 7.12 Å². The van der Waals surface area contributed by atoms with Crippen LogP contribution < -0.4 is 29.6 Å². The van der Waals surface area contributed by atoms with E-state index in [2.05, 4.69) is 110 Å². The summed E-state index contributed by atoms with van der Waals surface area (Å²) in [6, 6.07) is 22.3. The van der Waals surface area contributed by atoms with Crippen molar-refractivity contribution in [3.05, 3.63) is 161 Å². The van der Waals surface area contributed by atoms with E-state index in [0.29, 0.717) is 42.5 Å². The van der Waals surface area contributed by atoms with Crippen LogP contribution in [-0.4, -0.2) is 183 Å². The van der Waals surface area contributed by atoms with Gasteiger partial charge in [-0.25, -0.2) is 34.3 Å². The summed E-state index contributed by atoms with van der Waals surface area (Å²) >= 11 is 5.81. The van der Waals surface area contributed by atoms with Crippen LogP contribution in [0.25, 0.3) is 44.6 Å². The second-order valence-electron chi connectivity index (χ2n) is 28.2. The average molecular weight is 1420 g/mol. The lowest BCUT2D eigenvalue weighted by molar-refractivity contribution is 0.00578. The molecule has 0 bridgehead atoms. The van der Waals surface area contributed by atoms with Gasteiger partial charge in [0.2, 0.25) is 0 Å². The summed E-state index contributed by atoms with van der Waals surface area (Å²) < 4.78 is 43.0. The Morgan fingerprint density at radius 1 is 0.515 bits per heavy atom. The number of nitrogens with zero attached hydrogens (tertiary/aromatic N) is 17. The number of anilines is 3. The fraction of sp³-hybridized carbons (Fsp3) is 0.455. The lowest BCUT2D eigenvalue weighted by Gasteiger charge is -2.32. The maximum absolute atomic E-state index is 6.16. The average Bonchev–Trinajstić information content (AvgIpc) is 1.62. The molecule has 103 heavy (non-hydrogen) atoms. The number of pyridine rings is 3. The van der Waals surface area contributed by atoms with Gasteiger partial charge >= 0.3 is 7.12 Å². The third-order valence-electron chi connectivity index (χ3n) is 20.1. The van der Waals surface area contributed by atoms with Gasteiger partial charge in [0.1, 0.15) is 34.1 Å². The van der Waals surface area contributed by atoms with Gasteiger partial charge in [0, 0.05) is 138 Å². The number of fused-ring (bicyclic) bond motifs is 3. The van der Waals surface area contributed by atoms with E-state index in [1.165, 1.54) is 0 Å². The molecular formula is C77H95BClN17O7. The van der Waals surface area contributed by atoms with E-state index in [-0.39, 0.29) is 11.2 Å². The predicted molar refractivity (Wildman–Crippen MR) is 404 cm³/mol. The second kappa shape index (κ2) is 33.6. The van der Waals surface area contributed by atoms with Gasteiger partial charge in [0.25, 0.3) is 0 Å². The normalized spacial score (nSPS) is 16.6. The number of aryl methyl sites for hydroxylation is 2. The molecule has 10 aromatic rings. The van der Waals surface area contributed by atoms with Crippen LogP contribution in [-0.2, 0) is 43.2 Å². The highest BCUT2D eigenvalue weighted by atomic mass is 35.5. The molecule has 0 unspecified atom stereocenters. The number of benzene rings is 2. The van der Waals surface area contributed by atoms with Crippen molar-refractivity contribution in [3.63, 3.8) is 0 Å². The number of hydrogen-bond donors (Lipinski definition) is 0. The van der Waals surface area contributed by atoms with Crippen molar-refractivity contribution in [2.75, 3.05) is 109 Å². The fourth-order valence-electron chi connectivity index (χ4n) is 13.2. The van der Waals surface area contributed by atoms with Gasteiger partial charge in [-0.1, -0.05) is 35.9 Å². The van der Waals surface area contributed by atoms with Crippen molar-refractivity contribution < 1.29 is 33.0 Å². The number of aromatic nitrogens is 13. The Kier molecular flexibility index (Phi) is 24.0. The summed E-state index contributed by atoms with van der Waals surface area (Å²) in [4.78, 5) is 51.8. The van der Waals surface area contributed by atoms with Crippen LogP contribution >= 0.6 is 11.6 Å². The monoisotopic (exact) mass is 1420 g/mol. The maximum atomic E-state index is 6.16. The van der Waals surface area contributed by atoms with E-state index in [9.17, 15) is 0 Å². The van der Waals surface area contributed by atoms with Crippen molar-refractivity contribution in [2.45, 2.75) is 118 Å². The number of halogens is 1. The first kappa shape index (κ1) is 73.6. The van der Waals surface area contributed by atoms with Gasteiger partial charge in [-0.05, 0) is 158 Å². The van der Waals surface area contributed by atoms with E-state index in [1.807, 2.05) is 117 Å². The van der Waals surface area contributed by atoms with Crippen LogP contribution in [0.2, 0.25) is 5.15 Å². The molecular weight excluding hydrogens is 1320 g/mol. The zero-order valence-corrected chi connectivity index (χ0v) is 62.2. The minimum atomic E-state index is -0.425. The van der Waals surface area contributed by atoms with Gasteiger partial charge < -0.3 is 47.7 Å². The highest BCUT2D eigenvalue weighted by Gasteiger charge is 2.52. The molecule has 26 heteroatoms. The smallest absolute Gasteiger partial charge is 0.496 e. The van der Waals surface area contributed by atoms with Gasteiger partial charge in [-0.2, -0.15) is 10.2 Å². The highest BCUT2D eigenvalue weighted by Crippen LogP contribution is 2.37. The number of aliphatic imine (C=N–C) groups is 1. The number of rotatable bonds is 18. The quantitative estimate of drug-likeness (QED) is 0.0725. The van der Waals surface area contributed by atoms with Crippen LogP contribution in [0.15, 0.2) is 127 Å². The highest BCUT2D eigenvalue weighted by molar-refractivity contribution is 6.62. The number of ether oxygens (including phenoxy) is 5. The minimum Gasteiger partial charge on any atom is -0.497 e. The standard InChI is InChI=1S/C26H30N6O2.C21H26BN3O3.C19H23N5O.C11H16ClN3O/c1-18-23-12-21(13-28-26(23)32(30-18)17-19-4-6-22(33-3)7-5-19)24-14-27-15-25(29-24)31(2)16-20-8-10-34-11-9-20;1-14-18-11-16(22-27-20(2,3)21(4,5)28-22)12-23-19(18)25(24-14)13-15-7-9-17(26-6)10-8-15;1-13-16-7-15(8-22-18(16)10-21-13)17-9-20-11-19(23-17)24(2)12-14-3-5-25-6-4-14;1-15(8-9-2-4-16-5-3-9)11-7-13-6-10(12)14-11/h4-7,12-15,20H,8-11,16-17H2,1-3H3;7-12H,13H2,1-6H3;7-9,11,14H,3-6,10,12H2,1-2H3;6-7,9H,2-5,8H2,1H3. The van der Waals surface area contributed by atoms with Gasteiger partial charge in [0.05, 0.1) is 111 Å². The van der Waals surface area contributed by atoms with E-state index in [0.717, 1.165) is 216 Å². The van der Waals surface area contributed by atoms with Crippen LogP contribution in [0, 0.1) is 31.6 Å². The van der Waals surface area contributed by atoms with E-state index in [4.69, 9.17) is 69.7 Å². The maximum Gasteiger partial charge on any atom is 0.496 e. The molecule has 24 nitrogen and oxygen atoms in total. The first-order valence-electron chi connectivity index (χ1n) is 35.5. The van der Waals surface area contributed by atoms with Crippen molar-refractivity contribution in [3.8, 4) is 34.0 Å². The summed E-state index contributed by atoms with van der Waals surface area (Å²) in [7, 11) is 9.10. The molecule has 0 amide bonds. The van der Waals surface area contributed by atoms with E-state index in [1.54, 1.807) is 39.0 Å². The molecule has 2 aromatic carbocycles. The van der Waals surface area contributed by atoms with Crippen LogP contribution in [0.4, 0.5) is 17.5 Å². The third-order valence-corrected chi connectivity index (χ3v) is 20.3. The second-order valence-corrected chi connectivity index (χ2v) is 28.5. The first-order chi connectivity index (χ1) is 49.8. The molecule has 4 fully saturated rings. The SMILES string of the molecule is CC1=NCc2ncc(-c3cncc(N(C)CC4CCOCC4)n3)cc21.CN(CC1CCOCC1)c1cncc(Cl)n1.COc1ccc(Cn2nc(C)c3cc(-c4cncc(N(C)CC5CCOCC5)n4)cnc32)cc1.COc1ccc(Cn2nc(C)c3cc(B4OC(C)(C)C(C)(C)O4)cnc32)cc1. The Morgan fingerprint density at radius 2 is 0.932 bits per heavy atom. The van der Waals surface area contributed by atoms with Gasteiger partial charge in [0.15, 0.2) is 11.3 Å². The summed E-state index contributed by atoms with van der Waals surface area (Å²) in [5, 5.41) is 11.9. The van der Waals surface area contributed by atoms with Crippen molar-refractivity contribution in [1.82, 2.24) is 64.4 Å². The molecule has 15 rings (SSSR count). The molecule has 5 aliphatic heterocycles. The van der Waals surface area contributed by atoms with Crippen LogP contribution in [0.1, 0.15) is 107 Å². The Labute approximate surface area is 609 Å². The minimum absolute atomic E-state index is 0.375. The van der Waals surface area contributed by atoms with Crippen LogP contribution in [0.3, 0.4) is 0 Å². The van der Waals surface area contributed by atoms with Crippen LogP contribution in [0.5, 0.6) is 11.5 Å². The van der Waals surface area contributed by atoms with E-state index >= 15 is 0 Å². The van der Waals surface area contributed by atoms with Crippen molar-refractivity contribution in [2.24, 2.45) is 22.7 Å². The van der Waals surface area contributed by atoms with Gasteiger partial charge in [-0.15, -0.1) is 0 Å². The fourth-order valence-corrected chi connectivity index (χ4v) is 13.3. The third kappa shape index (κ3) is 18.5. The van der Waals surface area contributed by atoms with Crippen molar-refractivity contribution in [1.29, 1.82) is 0 Å². The molecule has 4 saturated heterocycles. The van der Waals surface area contributed by atoms with Gasteiger partial charge in [-0.3, -0.25) is 24.9 Å². The summed E-state index contributed by atoms with van der Waals surface area (Å²) in [6.07, 6.45) is 22.8. The molecule has 13 heterocycles.